The molecule has 0 aliphatic heterocycles. The third-order valence-corrected chi connectivity index (χ3v) is 1.43. The first-order valence-electron chi connectivity index (χ1n) is 4.01. The van der Waals surface area contributed by atoms with Crippen molar-refractivity contribution in [2.75, 3.05) is 5.32 Å². The van der Waals surface area contributed by atoms with Gasteiger partial charge in [-0.25, -0.2) is 0 Å². The molecule has 0 bridgehead atoms. The van der Waals surface area contributed by atoms with Gasteiger partial charge in [-0.2, -0.15) is 4.98 Å². The number of nitrogens with one attached hydrogen (secondary N) is 1. The molecule has 1 rings (SSSR count). The lowest BCUT2D eigenvalue weighted by Crippen LogP contribution is -2.27. The molecule has 13 heavy (non-hydrogen) atoms. The van der Waals surface area contributed by atoms with Crippen LogP contribution in [0.2, 0.25) is 0 Å². The fraction of sp³-hybridized carbons (Fsp3) is 0.625. The minimum absolute atomic E-state index is 0.142. The average Bonchev–Trinajstić information content (AvgIpc) is 2.33. The SMILES string of the molecule is Cc1noc(NC(=O)C(C)(C)C)n1. The van der Waals surface area contributed by atoms with Gasteiger partial charge >= 0.3 is 6.01 Å². The molecule has 0 atom stereocenters. The summed E-state index contributed by atoms with van der Waals surface area (Å²) in [6.45, 7) is 7.12. The predicted octanol–water partition coefficient (Wildman–Crippen LogP) is 1.36. The van der Waals surface area contributed by atoms with E-state index in [-0.39, 0.29) is 11.9 Å². The van der Waals surface area contributed by atoms with Gasteiger partial charge in [0.25, 0.3) is 0 Å². The maximum absolute atomic E-state index is 11.4. The number of anilines is 1. The van der Waals surface area contributed by atoms with E-state index in [0.29, 0.717) is 5.82 Å². The molecule has 1 amide bonds. The Morgan fingerprint density at radius 3 is 2.46 bits per heavy atom. The van der Waals surface area contributed by atoms with Gasteiger partial charge in [-0.05, 0) is 6.92 Å². The highest BCUT2D eigenvalue weighted by atomic mass is 16.5. The quantitative estimate of drug-likeness (QED) is 0.713. The van der Waals surface area contributed by atoms with Gasteiger partial charge < -0.3 is 4.52 Å². The maximum Gasteiger partial charge on any atom is 0.328 e. The van der Waals surface area contributed by atoms with Gasteiger partial charge in [0.15, 0.2) is 5.82 Å². The highest BCUT2D eigenvalue weighted by Crippen LogP contribution is 2.15. The second-order valence-electron chi connectivity index (χ2n) is 3.85. The number of hydrogen-bond acceptors (Lipinski definition) is 4. The molecule has 0 saturated carbocycles. The number of amides is 1. The first kappa shape index (κ1) is 9.70. The number of nitrogens with zero attached hydrogens (tertiary/aromatic N) is 2. The summed E-state index contributed by atoms with van der Waals surface area (Å²) in [5.41, 5.74) is -0.456. The molecule has 1 aromatic heterocycles. The lowest BCUT2D eigenvalue weighted by Gasteiger charge is -2.14. The summed E-state index contributed by atoms with van der Waals surface area (Å²) in [5.74, 6) is 0.361. The van der Waals surface area contributed by atoms with Gasteiger partial charge in [0, 0.05) is 5.41 Å². The first-order chi connectivity index (χ1) is 5.89. The summed E-state index contributed by atoms with van der Waals surface area (Å²) in [6.07, 6.45) is 0. The van der Waals surface area contributed by atoms with Crippen LogP contribution in [-0.2, 0) is 4.79 Å². The van der Waals surface area contributed by atoms with Crippen LogP contribution in [0, 0.1) is 12.3 Å². The summed E-state index contributed by atoms with van der Waals surface area (Å²) >= 11 is 0. The van der Waals surface area contributed by atoms with Crippen molar-refractivity contribution in [1.82, 2.24) is 10.1 Å². The largest absolute Gasteiger partial charge is 0.328 e. The molecular weight excluding hydrogens is 170 g/mol. The van der Waals surface area contributed by atoms with Crippen LogP contribution in [0.3, 0.4) is 0 Å². The molecule has 72 valence electrons. The van der Waals surface area contributed by atoms with E-state index in [4.69, 9.17) is 4.52 Å². The van der Waals surface area contributed by atoms with Crippen LogP contribution in [0.1, 0.15) is 26.6 Å². The van der Waals surface area contributed by atoms with E-state index < -0.39 is 5.41 Å². The molecule has 0 spiro atoms. The Labute approximate surface area is 76.5 Å². The van der Waals surface area contributed by atoms with Crippen molar-refractivity contribution in [3.63, 3.8) is 0 Å². The molecule has 0 fully saturated rings. The van der Waals surface area contributed by atoms with E-state index in [1.54, 1.807) is 6.92 Å². The van der Waals surface area contributed by atoms with E-state index in [9.17, 15) is 4.79 Å². The molecule has 0 unspecified atom stereocenters. The molecule has 1 aromatic rings. The normalized spacial score (nSPS) is 11.4. The van der Waals surface area contributed by atoms with Crippen LogP contribution in [0.15, 0.2) is 4.52 Å². The molecule has 0 aliphatic carbocycles. The standard InChI is InChI=1S/C8H13N3O2/c1-5-9-7(13-11-5)10-6(12)8(2,3)4/h1-4H3,(H,9,10,11,12). The first-order valence-corrected chi connectivity index (χ1v) is 4.01. The number of carbonyl (C=O) groups excluding carboxylic acids is 1. The van der Waals surface area contributed by atoms with Crippen LogP contribution < -0.4 is 5.32 Å². The maximum atomic E-state index is 11.4. The Morgan fingerprint density at radius 1 is 1.46 bits per heavy atom. The predicted molar refractivity (Wildman–Crippen MR) is 47.1 cm³/mol. The molecule has 0 saturated heterocycles. The van der Waals surface area contributed by atoms with Crippen molar-refractivity contribution in [3.8, 4) is 0 Å². The smallest absolute Gasteiger partial charge is 0.315 e. The molecule has 1 heterocycles. The molecule has 5 heteroatoms. The van der Waals surface area contributed by atoms with Gasteiger partial charge in [0.2, 0.25) is 5.91 Å². The summed E-state index contributed by atoms with van der Waals surface area (Å²) in [7, 11) is 0. The average molecular weight is 183 g/mol. The topological polar surface area (TPSA) is 68.0 Å². The molecule has 5 nitrogen and oxygen atoms in total. The van der Waals surface area contributed by atoms with Crippen molar-refractivity contribution >= 4 is 11.9 Å². The Hall–Kier alpha value is -1.39. The Morgan fingerprint density at radius 2 is 2.08 bits per heavy atom. The van der Waals surface area contributed by atoms with E-state index in [1.165, 1.54) is 0 Å². The summed E-state index contributed by atoms with van der Waals surface area (Å²) < 4.78 is 4.74. The molecule has 0 radical (unpaired) electrons. The molecule has 0 aromatic carbocycles. The fourth-order valence-electron chi connectivity index (χ4n) is 0.632. The van der Waals surface area contributed by atoms with Gasteiger partial charge in [0.05, 0.1) is 0 Å². The second kappa shape index (κ2) is 3.16. The second-order valence-corrected chi connectivity index (χ2v) is 3.85. The van der Waals surface area contributed by atoms with Crippen LogP contribution in [0.4, 0.5) is 6.01 Å². The van der Waals surface area contributed by atoms with E-state index in [2.05, 4.69) is 15.5 Å². The van der Waals surface area contributed by atoms with Crippen LogP contribution in [0.25, 0.3) is 0 Å². The van der Waals surface area contributed by atoms with Gasteiger partial charge in [0.1, 0.15) is 0 Å². The lowest BCUT2D eigenvalue weighted by molar-refractivity contribution is -0.123. The Bertz CT molecular complexity index is 311. The third-order valence-electron chi connectivity index (χ3n) is 1.43. The van der Waals surface area contributed by atoms with Crippen molar-refractivity contribution in [1.29, 1.82) is 0 Å². The number of aryl methyl sites for hydroxylation is 1. The lowest BCUT2D eigenvalue weighted by atomic mass is 9.96. The monoisotopic (exact) mass is 183 g/mol. The van der Waals surface area contributed by atoms with Crippen molar-refractivity contribution in [3.05, 3.63) is 5.82 Å². The minimum atomic E-state index is -0.456. The summed E-state index contributed by atoms with van der Waals surface area (Å²) in [4.78, 5) is 15.3. The zero-order valence-electron chi connectivity index (χ0n) is 8.21. The molecular formula is C8H13N3O2. The Balaban J connectivity index is 2.65. The molecule has 0 aliphatic rings. The van der Waals surface area contributed by atoms with E-state index >= 15 is 0 Å². The highest BCUT2D eigenvalue weighted by molar-refractivity contribution is 5.92. The zero-order chi connectivity index (χ0) is 10.1. The van der Waals surface area contributed by atoms with Gasteiger partial charge in [-0.1, -0.05) is 25.9 Å². The third kappa shape index (κ3) is 2.54. The van der Waals surface area contributed by atoms with E-state index in [0.717, 1.165) is 0 Å². The van der Waals surface area contributed by atoms with E-state index in [1.807, 2.05) is 20.8 Å². The van der Waals surface area contributed by atoms with Crippen LogP contribution >= 0.6 is 0 Å². The number of carbonyl (C=O) groups is 1. The van der Waals surface area contributed by atoms with Crippen molar-refractivity contribution in [2.45, 2.75) is 27.7 Å². The summed E-state index contributed by atoms with van der Waals surface area (Å²) in [5, 5.41) is 6.07. The van der Waals surface area contributed by atoms with Crippen LogP contribution in [0.5, 0.6) is 0 Å². The van der Waals surface area contributed by atoms with Crippen molar-refractivity contribution < 1.29 is 9.32 Å². The highest BCUT2D eigenvalue weighted by Gasteiger charge is 2.22. The number of hydrogen-bond donors (Lipinski definition) is 1. The Kier molecular flexibility index (Phi) is 2.36. The fourth-order valence-corrected chi connectivity index (χ4v) is 0.632. The number of aromatic nitrogens is 2. The van der Waals surface area contributed by atoms with Crippen LogP contribution in [-0.4, -0.2) is 16.0 Å². The van der Waals surface area contributed by atoms with Gasteiger partial charge in [-0.3, -0.25) is 10.1 Å². The van der Waals surface area contributed by atoms with Gasteiger partial charge in [-0.15, -0.1) is 0 Å². The zero-order valence-corrected chi connectivity index (χ0v) is 8.21. The van der Waals surface area contributed by atoms with Crippen molar-refractivity contribution in [2.24, 2.45) is 5.41 Å². The molecule has 1 N–H and O–H groups in total. The minimum Gasteiger partial charge on any atom is -0.315 e. The summed E-state index contributed by atoms with van der Waals surface area (Å²) in [6, 6.07) is 0.150. The number of rotatable bonds is 1.